The van der Waals surface area contributed by atoms with Crippen LogP contribution in [-0.4, -0.2) is 42.9 Å². The summed E-state index contributed by atoms with van der Waals surface area (Å²) >= 11 is 5.98. The van der Waals surface area contributed by atoms with Crippen molar-refractivity contribution in [3.05, 3.63) is 59.7 Å². The van der Waals surface area contributed by atoms with Crippen LogP contribution in [0.1, 0.15) is 49.3 Å². The van der Waals surface area contributed by atoms with Gasteiger partial charge in [-0.2, -0.15) is 0 Å². The monoisotopic (exact) mass is 458 g/mol. The van der Waals surface area contributed by atoms with Gasteiger partial charge < -0.3 is 19.7 Å². The summed E-state index contributed by atoms with van der Waals surface area (Å²) in [6.45, 7) is 0.267. The van der Waals surface area contributed by atoms with E-state index in [0.29, 0.717) is 17.1 Å². The molecule has 1 fully saturated rings. The molecule has 0 spiro atoms. The lowest BCUT2D eigenvalue weighted by atomic mass is 9.94. The van der Waals surface area contributed by atoms with Gasteiger partial charge in [-0.3, -0.25) is 9.59 Å². The third-order valence-electron chi connectivity index (χ3n) is 5.87. The molecule has 0 heterocycles. The van der Waals surface area contributed by atoms with E-state index in [2.05, 4.69) is 5.32 Å². The van der Waals surface area contributed by atoms with E-state index < -0.39 is 6.04 Å². The summed E-state index contributed by atoms with van der Waals surface area (Å²) in [4.78, 5) is 28.1. The number of halogens is 1. The fourth-order valence-corrected chi connectivity index (χ4v) is 4.36. The van der Waals surface area contributed by atoms with Crippen molar-refractivity contribution in [2.45, 2.75) is 50.7 Å². The summed E-state index contributed by atoms with van der Waals surface area (Å²) in [7, 11) is 3.11. The second-order valence-corrected chi connectivity index (χ2v) is 8.27. The molecular weight excluding hydrogens is 428 g/mol. The Morgan fingerprint density at radius 2 is 1.72 bits per heavy atom. The Bertz CT molecular complexity index is 900. The van der Waals surface area contributed by atoms with E-state index in [0.717, 1.165) is 31.2 Å². The molecule has 1 aliphatic carbocycles. The maximum atomic E-state index is 13.6. The highest BCUT2D eigenvalue weighted by Crippen LogP contribution is 2.33. The maximum absolute atomic E-state index is 13.6. The zero-order valence-corrected chi connectivity index (χ0v) is 19.4. The first-order valence-electron chi connectivity index (χ1n) is 11.0. The number of amides is 2. The minimum absolute atomic E-state index is 0.114. The fraction of sp³-hybridized carbons (Fsp3) is 0.440. The summed E-state index contributed by atoms with van der Waals surface area (Å²) in [5.74, 6) is 0.319. The molecule has 1 saturated carbocycles. The zero-order valence-electron chi connectivity index (χ0n) is 18.7. The molecule has 3 rings (SSSR count). The molecule has 2 amide bonds. The Kier molecular flexibility index (Phi) is 8.80. The first kappa shape index (κ1) is 23.9. The lowest BCUT2D eigenvalue weighted by Gasteiger charge is -2.33. The predicted octanol–water partition coefficient (Wildman–Crippen LogP) is 4.46. The number of nitrogens with one attached hydrogen (secondary N) is 1. The van der Waals surface area contributed by atoms with Gasteiger partial charge in [0.25, 0.3) is 0 Å². The minimum atomic E-state index is -0.844. The standard InChI is InChI=1S/C25H31ClN2O4/c1-31-21-14-13-19(15-22(21)32-2)24(25(30)27-20-11-7-4-8-12-20)28(23(29)16-26)17-18-9-5-3-6-10-18/h3,5-6,9-10,13-15,20,24H,4,7-8,11-12,16-17H2,1-2H3,(H,27,30). The van der Waals surface area contributed by atoms with E-state index in [1.54, 1.807) is 37.3 Å². The topological polar surface area (TPSA) is 67.9 Å². The first-order chi connectivity index (χ1) is 15.6. The van der Waals surface area contributed by atoms with Crippen LogP contribution in [0.5, 0.6) is 11.5 Å². The molecule has 7 heteroatoms. The third kappa shape index (κ3) is 5.94. The summed E-state index contributed by atoms with van der Waals surface area (Å²) in [5, 5.41) is 3.18. The van der Waals surface area contributed by atoms with Crippen LogP contribution in [0.3, 0.4) is 0 Å². The number of rotatable bonds is 9. The second kappa shape index (κ2) is 11.8. The number of ether oxygens (including phenoxy) is 2. The molecule has 1 atom stereocenters. The average Bonchev–Trinajstić information content (AvgIpc) is 2.84. The number of methoxy groups -OCH3 is 2. The Labute approximate surface area is 194 Å². The maximum Gasteiger partial charge on any atom is 0.247 e. The molecule has 0 saturated heterocycles. The molecule has 2 aromatic carbocycles. The molecule has 6 nitrogen and oxygen atoms in total. The van der Waals surface area contributed by atoms with Crippen molar-refractivity contribution < 1.29 is 19.1 Å². The highest BCUT2D eigenvalue weighted by molar-refractivity contribution is 6.27. The van der Waals surface area contributed by atoms with Gasteiger partial charge >= 0.3 is 0 Å². The van der Waals surface area contributed by atoms with Crippen LogP contribution in [0.4, 0.5) is 0 Å². The van der Waals surface area contributed by atoms with Crippen LogP contribution >= 0.6 is 11.6 Å². The number of carbonyl (C=O) groups excluding carboxylic acids is 2. The molecule has 172 valence electrons. The number of nitrogens with zero attached hydrogens (tertiary/aromatic N) is 1. The largest absolute Gasteiger partial charge is 0.493 e. The second-order valence-electron chi connectivity index (χ2n) is 8.00. The molecule has 1 N–H and O–H groups in total. The van der Waals surface area contributed by atoms with E-state index in [9.17, 15) is 9.59 Å². The lowest BCUT2D eigenvalue weighted by molar-refractivity contribution is -0.140. The van der Waals surface area contributed by atoms with Crippen molar-refractivity contribution in [2.24, 2.45) is 0 Å². The molecule has 1 aliphatic rings. The van der Waals surface area contributed by atoms with E-state index >= 15 is 0 Å². The van der Waals surface area contributed by atoms with Gasteiger partial charge in [-0.15, -0.1) is 11.6 Å². The molecule has 0 bridgehead atoms. The van der Waals surface area contributed by atoms with Crippen molar-refractivity contribution >= 4 is 23.4 Å². The first-order valence-corrected chi connectivity index (χ1v) is 11.5. The summed E-state index contributed by atoms with van der Waals surface area (Å²) in [5.41, 5.74) is 1.56. The lowest BCUT2D eigenvalue weighted by Crippen LogP contribution is -2.47. The SMILES string of the molecule is COc1ccc(C(C(=O)NC2CCCCC2)N(Cc2ccccc2)C(=O)CCl)cc1OC. The summed E-state index contributed by atoms with van der Waals surface area (Å²) in [6.07, 6.45) is 5.29. The van der Waals surface area contributed by atoms with Crippen LogP contribution in [0.25, 0.3) is 0 Å². The van der Waals surface area contributed by atoms with Crippen LogP contribution < -0.4 is 14.8 Å². The van der Waals surface area contributed by atoms with Crippen molar-refractivity contribution in [1.29, 1.82) is 0 Å². The molecular formula is C25H31ClN2O4. The van der Waals surface area contributed by atoms with E-state index in [1.165, 1.54) is 6.42 Å². The van der Waals surface area contributed by atoms with Crippen LogP contribution in [0.2, 0.25) is 0 Å². The average molecular weight is 459 g/mol. The van der Waals surface area contributed by atoms with Crippen LogP contribution in [0.15, 0.2) is 48.5 Å². The zero-order chi connectivity index (χ0) is 22.9. The van der Waals surface area contributed by atoms with E-state index in [-0.39, 0.29) is 30.3 Å². The van der Waals surface area contributed by atoms with Gasteiger partial charge in [0, 0.05) is 12.6 Å². The molecule has 0 aromatic heterocycles. The van der Waals surface area contributed by atoms with Crippen molar-refractivity contribution in [1.82, 2.24) is 10.2 Å². The highest BCUT2D eigenvalue weighted by Gasteiger charge is 2.33. The van der Waals surface area contributed by atoms with Gasteiger partial charge in [-0.1, -0.05) is 55.7 Å². The number of benzene rings is 2. The number of hydrogen-bond acceptors (Lipinski definition) is 4. The van der Waals surface area contributed by atoms with E-state index in [4.69, 9.17) is 21.1 Å². The Balaban J connectivity index is 2.00. The summed E-state index contributed by atoms with van der Waals surface area (Å²) in [6, 6.07) is 14.2. The van der Waals surface area contributed by atoms with Crippen molar-refractivity contribution in [3.8, 4) is 11.5 Å². The molecule has 0 radical (unpaired) electrons. The predicted molar refractivity (Wildman–Crippen MR) is 125 cm³/mol. The molecule has 0 aliphatic heterocycles. The van der Waals surface area contributed by atoms with Crippen molar-refractivity contribution in [2.75, 3.05) is 20.1 Å². The normalized spacial score (nSPS) is 15.0. The van der Waals surface area contributed by atoms with Crippen LogP contribution in [-0.2, 0) is 16.1 Å². The van der Waals surface area contributed by atoms with Crippen LogP contribution in [0, 0.1) is 0 Å². The highest BCUT2D eigenvalue weighted by atomic mass is 35.5. The smallest absolute Gasteiger partial charge is 0.247 e. The Morgan fingerprint density at radius 3 is 2.34 bits per heavy atom. The Hall–Kier alpha value is -2.73. The van der Waals surface area contributed by atoms with Gasteiger partial charge in [0.2, 0.25) is 11.8 Å². The van der Waals surface area contributed by atoms with Crippen molar-refractivity contribution in [3.63, 3.8) is 0 Å². The minimum Gasteiger partial charge on any atom is -0.493 e. The van der Waals surface area contributed by atoms with Gasteiger partial charge in [-0.25, -0.2) is 0 Å². The van der Waals surface area contributed by atoms with Gasteiger partial charge in [0.05, 0.1) is 14.2 Å². The quantitative estimate of drug-likeness (QED) is 0.563. The third-order valence-corrected chi connectivity index (χ3v) is 6.09. The molecule has 32 heavy (non-hydrogen) atoms. The number of alkyl halides is 1. The summed E-state index contributed by atoms with van der Waals surface area (Å²) < 4.78 is 10.8. The van der Waals surface area contributed by atoms with Gasteiger partial charge in [0.1, 0.15) is 11.9 Å². The van der Waals surface area contributed by atoms with Gasteiger partial charge in [0.15, 0.2) is 11.5 Å². The Morgan fingerprint density at radius 1 is 1.03 bits per heavy atom. The number of carbonyl (C=O) groups is 2. The number of hydrogen-bond donors (Lipinski definition) is 1. The fourth-order valence-electron chi connectivity index (χ4n) is 4.20. The molecule has 1 unspecified atom stereocenters. The van der Waals surface area contributed by atoms with Gasteiger partial charge in [-0.05, 0) is 36.1 Å². The molecule has 2 aromatic rings. The van der Waals surface area contributed by atoms with E-state index in [1.807, 2.05) is 30.3 Å².